The van der Waals surface area contributed by atoms with Crippen LogP contribution in [0.2, 0.25) is 0 Å². The first kappa shape index (κ1) is 26.2. The lowest BCUT2D eigenvalue weighted by molar-refractivity contribution is -0.137. The van der Waals surface area contributed by atoms with Gasteiger partial charge in [-0.25, -0.2) is 12.8 Å². The summed E-state index contributed by atoms with van der Waals surface area (Å²) >= 11 is 0. The third-order valence-electron chi connectivity index (χ3n) is 6.00. The van der Waals surface area contributed by atoms with Gasteiger partial charge in [0.25, 0.3) is 0 Å². The minimum Gasteiger partial charge on any atom is -0.351 e. The Bertz CT molecular complexity index is 1450. The van der Waals surface area contributed by atoms with E-state index in [0.717, 1.165) is 40.7 Å². The van der Waals surface area contributed by atoms with E-state index in [0.29, 0.717) is 23.2 Å². The zero-order chi connectivity index (χ0) is 26.8. The van der Waals surface area contributed by atoms with Crippen LogP contribution in [-0.4, -0.2) is 36.2 Å². The number of pyridine rings is 1. The van der Waals surface area contributed by atoms with Gasteiger partial charge in [-0.05, 0) is 60.9 Å². The van der Waals surface area contributed by atoms with Gasteiger partial charge in [0.05, 0.1) is 21.7 Å². The fourth-order valence-electron chi connectivity index (χ4n) is 4.06. The van der Waals surface area contributed by atoms with E-state index in [1.54, 1.807) is 0 Å². The average molecular weight is 533 g/mol. The molecule has 0 aliphatic carbocycles. The zero-order valence-electron chi connectivity index (χ0n) is 19.2. The van der Waals surface area contributed by atoms with Crippen molar-refractivity contribution in [1.82, 2.24) is 14.6 Å². The van der Waals surface area contributed by atoms with Gasteiger partial charge >= 0.3 is 6.18 Å². The molecule has 0 radical (unpaired) electrons. The van der Waals surface area contributed by atoms with Crippen molar-refractivity contribution in [2.45, 2.75) is 36.5 Å². The predicted octanol–water partition coefficient (Wildman–Crippen LogP) is 4.25. The summed E-state index contributed by atoms with van der Waals surface area (Å²) in [7, 11) is -4.04. The molecule has 192 valence electrons. The van der Waals surface area contributed by atoms with Crippen LogP contribution in [0.5, 0.6) is 0 Å². The molecular formula is C25H20F4N4O3S. The van der Waals surface area contributed by atoms with Crippen LogP contribution in [0.15, 0.2) is 65.7 Å². The summed E-state index contributed by atoms with van der Waals surface area (Å²) in [4.78, 5) is 17.0. The molecule has 12 heteroatoms. The first-order chi connectivity index (χ1) is 17.5. The Labute approximate surface area is 210 Å². The van der Waals surface area contributed by atoms with Crippen LogP contribution >= 0.6 is 0 Å². The van der Waals surface area contributed by atoms with Gasteiger partial charge in [0.1, 0.15) is 17.9 Å². The molecular weight excluding hydrogens is 512 g/mol. The molecule has 1 unspecified atom stereocenters. The van der Waals surface area contributed by atoms with Gasteiger partial charge in [-0.15, -0.1) is 0 Å². The highest BCUT2D eigenvalue weighted by Gasteiger charge is 2.39. The van der Waals surface area contributed by atoms with E-state index in [1.807, 2.05) is 6.07 Å². The molecule has 3 aromatic rings. The summed E-state index contributed by atoms with van der Waals surface area (Å²) in [5.41, 5.74) is 0.398. The number of rotatable bonds is 6. The molecule has 1 aromatic heterocycles. The number of carbonyl (C=O) groups is 1. The van der Waals surface area contributed by atoms with Crippen LogP contribution in [0.1, 0.15) is 29.5 Å². The van der Waals surface area contributed by atoms with Crippen molar-refractivity contribution < 1.29 is 30.8 Å². The maximum atomic E-state index is 13.2. The van der Waals surface area contributed by atoms with Crippen LogP contribution in [0.3, 0.4) is 0 Å². The molecule has 7 nitrogen and oxygen atoms in total. The second-order valence-electron chi connectivity index (χ2n) is 8.36. The van der Waals surface area contributed by atoms with Gasteiger partial charge in [-0.3, -0.25) is 9.78 Å². The standard InChI is InChI=1S/C25H20F4N4O3S/c26-20-7-9-21(10-8-20)37(35,36)33-11-1-2-23(33)24(34)32-14-17-12-22(31-15-18(17)13-30)16-3-5-19(6-4-16)25(27,28)29/h3-10,12,15,23H,1-2,11,14H2,(H,32,34). The van der Waals surface area contributed by atoms with Crippen molar-refractivity contribution >= 4 is 15.9 Å². The Morgan fingerprint density at radius 2 is 1.81 bits per heavy atom. The molecule has 1 amide bonds. The van der Waals surface area contributed by atoms with Gasteiger partial charge in [0.15, 0.2) is 0 Å². The molecule has 1 aliphatic heterocycles. The maximum absolute atomic E-state index is 13.2. The topological polar surface area (TPSA) is 103 Å². The molecule has 1 aliphatic rings. The Kier molecular flexibility index (Phi) is 7.29. The maximum Gasteiger partial charge on any atom is 0.416 e. The van der Waals surface area contributed by atoms with Crippen molar-refractivity contribution in [3.63, 3.8) is 0 Å². The highest BCUT2D eigenvalue weighted by atomic mass is 32.2. The second-order valence-corrected chi connectivity index (χ2v) is 10.2. The van der Waals surface area contributed by atoms with Crippen molar-refractivity contribution in [3.8, 4) is 17.3 Å². The molecule has 0 saturated carbocycles. The number of benzene rings is 2. The van der Waals surface area contributed by atoms with Crippen molar-refractivity contribution in [1.29, 1.82) is 5.26 Å². The minimum atomic E-state index is -4.48. The number of alkyl halides is 3. The lowest BCUT2D eigenvalue weighted by Crippen LogP contribution is -2.45. The zero-order valence-corrected chi connectivity index (χ0v) is 20.0. The largest absolute Gasteiger partial charge is 0.416 e. The lowest BCUT2D eigenvalue weighted by atomic mass is 10.0. The van der Waals surface area contributed by atoms with E-state index in [1.165, 1.54) is 24.4 Å². The van der Waals surface area contributed by atoms with E-state index in [4.69, 9.17) is 0 Å². The molecule has 4 rings (SSSR count). The third-order valence-corrected chi connectivity index (χ3v) is 7.92. The quantitative estimate of drug-likeness (QED) is 0.479. The van der Waals surface area contributed by atoms with Crippen LogP contribution in [0.25, 0.3) is 11.3 Å². The van der Waals surface area contributed by atoms with E-state index >= 15 is 0 Å². The minimum absolute atomic E-state index is 0.120. The fourth-order valence-corrected chi connectivity index (χ4v) is 5.72. The van der Waals surface area contributed by atoms with E-state index in [9.17, 15) is 36.0 Å². The number of carbonyl (C=O) groups excluding carboxylic acids is 1. The second kappa shape index (κ2) is 10.3. The van der Waals surface area contributed by atoms with Gasteiger partial charge in [0.2, 0.25) is 15.9 Å². The molecule has 37 heavy (non-hydrogen) atoms. The summed E-state index contributed by atoms with van der Waals surface area (Å²) in [5, 5.41) is 12.1. The highest BCUT2D eigenvalue weighted by molar-refractivity contribution is 7.89. The fraction of sp³-hybridized carbons (Fsp3) is 0.240. The number of halogens is 4. The summed E-state index contributed by atoms with van der Waals surface area (Å²) in [6, 6.07) is 11.1. The first-order valence-electron chi connectivity index (χ1n) is 11.1. The van der Waals surface area contributed by atoms with Gasteiger partial charge in [-0.2, -0.15) is 22.7 Å². The SMILES string of the molecule is N#Cc1cnc(-c2ccc(C(F)(F)F)cc2)cc1CNC(=O)C1CCCN1S(=O)(=O)c1ccc(F)cc1. The van der Waals surface area contributed by atoms with Gasteiger partial charge < -0.3 is 5.32 Å². The predicted molar refractivity (Wildman–Crippen MR) is 125 cm³/mol. The van der Waals surface area contributed by atoms with E-state index < -0.39 is 39.5 Å². The average Bonchev–Trinajstić information content (AvgIpc) is 3.38. The van der Waals surface area contributed by atoms with Crippen LogP contribution in [-0.2, 0) is 27.5 Å². The van der Waals surface area contributed by atoms with Crippen molar-refractivity contribution in [2.75, 3.05) is 6.54 Å². The number of hydrogen-bond acceptors (Lipinski definition) is 5. The van der Waals surface area contributed by atoms with Gasteiger partial charge in [0, 0.05) is 24.8 Å². The van der Waals surface area contributed by atoms with E-state index in [2.05, 4.69) is 10.3 Å². The Morgan fingerprint density at radius 1 is 1.14 bits per heavy atom. The molecule has 1 atom stereocenters. The monoisotopic (exact) mass is 532 g/mol. The van der Waals surface area contributed by atoms with Crippen LogP contribution < -0.4 is 5.32 Å². The van der Waals surface area contributed by atoms with Crippen molar-refractivity contribution in [2.24, 2.45) is 0 Å². The normalized spacial score (nSPS) is 16.4. The number of amides is 1. The summed E-state index contributed by atoms with van der Waals surface area (Å²) in [6.45, 7) is -0.00656. The summed E-state index contributed by atoms with van der Waals surface area (Å²) in [6.07, 6.45) is -2.49. The van der Waals surface area contributed by atoms with Crippen LogP contribution in [0.4, 0.5) is 17.6 Å². The number of nitriles is 1. The van der Waals surface area contributed by atoms with Crippen LogP contribution in [0, 0.1) is 17.1 Å². The molecule has 0 spiro atoms. The number of sulfonamides is 1. The number of nitrogens with one attached hydrogen (secondary N) is 1. The lowest BCUT2D eigenvalue weighted by Gasteiger charge is -2.23. The molecule has 1 saturated heterocycles. The summed E-state index contributed by atoms with van der Waals surface area (Å²) < 4.78 is 78.9. The molecule has 2 aromatic carbocycles. The molecule has 1 fully saturated rings. The number of nitrogens with zero attached hydrogens (tertiary/aromatic N) is 3. The number of aromatic nitrogens is 1. The van der Waals surface area contributed by atoms with E-state index in [-0.39, 0.29) is 30.0 Å². The molecule has 1 N–H and O–H groups in total. The third kappa shape index (κ3) is 5.63. The first-order valence-corrected chi connectivity index (χ1v) is 12.6. The van der Waals surface area contributed by atoms with Crippen molar-refractivity contribution in [3.05, 3.63) is 83.3 Å². The molecule has 0 bridgehead atoms. The Morgan fingerprint density at radius 3 is 2.43 bits per heavy atom. The van der Waals surface area contributed by atoms with Gasteiger partial charge in [-0.1, -0.05) is 12.1 Å². The smallest absolute Gasteiger partial charge is 0.351 e. The molecule has 2 heterocycles. The summed E-state index contributed by atoms with van der Waals surface area (Å²) in [5.74, 6) is -1.16. The Balaban J connectivity index is 1.51. The Hall–Kier alpha value is -3.82. The highest BCUT2D eigenvalue weighted by Crippen LogP contribution is 2.31. The number of hydrogen-bond donors (Lipinski definition) is 1.